The number of methoxy groups -OCH3 is 1. The molecule has 9 nitrogen and oxygen atoms in total. The van der Waals surface area contributed by atoms with E-state index in [0.29, 0.717) is 30.8 Å². The molecule has 1 aliphatic heterocycles. The summed E-state index contributed by atoms with van der Waals surface area (Å²) in [5.41, 5.74) is 1.40. The number of urea groups is 1. The van der Waals surface area contributed by atoms with E-state index >= 15 is 0 Å². The number of aromatic nitrogens is 1. The summed E-state index contributed by atoms with van der Waals surface area (Å²) in [6.45, 7) is 0.883. The number of aliphatic hydroxyl groups excluding tert-OH is 1. The Balaban J connectivity index is 1.49. The summed E-state index contributed by atoms with van der Waals surface area (Å²) in [4.78, 5) is 14.3. The van der Waals surface area contributed by atoms with Crippen molar-refractivity contribution >= 4 is 11.7 Å². The van der Waals surface area contributed by atoms with E-state index in [4.69, 9.17) is 14.0 Å². The van der Waals surface area contributed by atoms with Gasteiger partial charge in [0.2, 0.25) is 0 Å². The van der Waals surface area contributed by atoms with Crippen molar-refractivity contribution in [2.75, 3.05) is 33.1 Å². The number of aliphatic hydroxyl groups is 1. The van der Waals surface area contributed by atoms with Crippen LogP contribution in [-0.4, -0.2) is 67.3 Å². The second kappa shape index (κ2) is 10.4. The number of carbonyl (C=O) groups excluding carboxylic acids is 1. The minimum absolute atomic E-state index is 0.0882. The van der Waals surface area contributed by atoms with Crippen molar-refractivity contribution in [3.8, 4) is 5.75 Å². The third-order valence-corrected chi connectivity index (χ3v) is 4.92. The Labute approximate surface area is 176 Å². The van der Waals surface area contributed by atoms with Crippen LogP contribution < -0.4 is 15.4 Å². The van der Waals surface area contributed by atoms with E-state index in [1.807, 2.05) is 37.2 Å². The van der Waals surface area contributed by atoms with Crippen molar-refractivity contribution in [2.24, 2.45) is 0 Å². The molecule has 0 spiro atoms. The largest absolute Gasteiger partial charge is 0.495 e. The Morgan fingerprint density at radius 1 is 1.33 bits per heavy atom. The molecule has 1 saturated heterocycles. The lowest BCUT2D eigenvalue weighted by Gasteiger charge is -2.33. The quantitative estimate of drug-likeness (QED) is 0.602. The van der Waals surface area contributed by atoms with E-state index in [1.54, 1.807) is 19.2 Å². The van der Waals surface area contributed by atoms with Gasteiger partial charge in [0, 0.05) is 19.0 Å². The van der Waals surface area contributed by atoms with Gasteiger partial charge < -0.3 is 34.6 Å². The molecule has 1 fully saturated rings. The fourth-order valence-corrected chi connectivity index (χ4v) is 3.46. The standard InChI is InChI=1S/C21H30N4O5/c1-25(2)13-16-11-14(24-30-16)10-15-8-9-18(26)20(29-15)12-22-21(27)23-17-6-4-5-7-19(17)28-3/h4-7,11,15,18,20,26H,8-10,12-13H2,1-3H3,(H2,22,23,27)/t15-,18-,20+/m0/s1. The first kappa shape index (κ1) is 22.1. The Hall–Kier alpha value is -2.62. The first-order valence-corrected chi connectivity index (χ1v) is 10.0. The maximum absolute atomic E-state index is 12.3. The van der Waals surface area contributed by atoms with Crippen LogP contribution in [0.5, 0.6) is 5.75 Å². The molecule has 2 aromatic rings. The SMILES string of the molecule is COc1ccccc1NC(=O)NC[C@H]1O[C@H](Cc2cc(CN(C)C)on2)CC[C@@H]1O. The Morgan fingerprint density at radius 2 is 2.13 bits per heavy atom. The normalized spacial score (nSPS) is 21.4. The highest BCUT2D eigenvalue weighted by atomic mass is 16.5. The molecule has 3 rings (SSSR count). The maximum Gasteiger partial charge on any atom is 0.319 e. The first-order chi connectivity index (χ1) is 14.4. The number of anilines is 1. The molecule has 164 valence electrons. The number of hydrogen-bond donors (Lipinski definition) is 3. The summed E-state index contributed by atoms with van der Waals surface area (Å²) in [5, 5.41) is 19.9. The van der Waals surface area contributed by atoms with Gasteiger partial charge in [0.25, 0.3) is 0 Å². The lowest BCUT2D eigenvalue weighted by Crippen LogP contribution is -2.47. The fourth-order valence-electron chi connectivity index (χ4n) is 3.46. The lowest BCUT2D eigenvalue weighted by molar-refractivity contribution is -0.113. The number of rotatable bonds is 8. The van der Waals surface area contributed by atoms with E-state index < -0.39 is 12.2 Å². The number of hydrogen-bond acceptors (Lipinski definition) is 7. The number of nitrogens with one attached hydrogen (secondary N) is 2. The van der Waals surface area contributed by atoms with Crippen molar-refractivity contribution in [3.63, 3.8) is 0 Å². The predicted molar refractivity (Wildman–Crippen MR) is 112 cm³/mol. The van der Waals surface area contributed by atoms with Gasteiger partial charge in [-0.2, -0.15) is 0 Å². The van der Waals surface area contributed by atoms with Crippen molar-refractivity contribution in [3.05, 3.63) is 41.8 Å². The van der Waals surface area contributed by atoms with E-state index in [0.717, 1.165) is 17.9 Å². The smallest absolute Gasteiger partial charge is 0.319 e. The minimum Gasteiger partial charge on any atom is -0.495 e. The molecule has 0 bridgehead atoms. The molecule has 2 heterocycles. The Bertz CT molecular complexity index is 825. The molecule has 3 atom stereocenters. The first-order valence-electron chi connectivity index (χ1n) is 10.0. The highest BCUT2D eigenvalue weighted by molar-refractivity contribution is 5.90. The topological polar surface area (TPSA) is 109 Å². The lowest BCUT2D eigenvalue weighted by atomic mass is 9.98. The van der Waals surface area contributed by atoms with Crippen LogP contribution in [-0.2, 0) is 17.7 Å². The van der Waals surface area contributed by atoms with Crippen LogP contribution in [0, 0.1) is 0 Å². The van der Waals surface area contributed by atoms with Gasteiger partial charge in [0.15, 0.2) is 5.76 Å². The molecule has 0 saturated carbocycles. The summed E-state index contributed by atoms with van der Waals surface area (Å²) in [7, 11) is 5.48. The van der Waals surface area contributed by atoms with Crippen LogP contribution >= 0.6 is 0 Å². The van der Waals surface area contributed by atoms with Crippen molar-refractivity contribution in [1.29, 1.82) is 0 Å². The number of benzene rings is 1. The molecule has 0 unspecified atom stereocenters. The van der Waals surface area contributed by atoms with Crippen LogP contribution in [0.25, 0.3) is 0 Å². The molecular weight excluding hydrogens is 388 g/mol. The monoisotopic (exact) mass is 418 g/mol. The molecule has 0 radical (unpaired) electrons. The van der Waals surface area contributed by atoms with Crippen LogP contribution in [0.1, 0.15) is 24.3 Å². The summed E-state index contributed by atoms with van der Waals surface area (Å²) < 4.78 is 16.6. The van der Waals surface area contributed by atoms with Crippen LogP contribution in [0.15, 0.2) is 34.9 Å². The van der Waals surface area contributed by atoms with Crippen LogP contribution in [0.3, 0.4) is 0 Å². The predicted octanol–water partition coefficient (Wildman–Crippen LogP) is 2.02. The minimum atomic E-state index is -0.630. The molecule has 30 heavy (non-hydrogen) atoms. The van der Waals surface area contributed by atoms with Gasteiger partial charge in [-0.25, -0.2) is 4.79 Å². The van der Waals surface area contributed by atoms with Gasteiger partial charge in [0.1, 0.15) is 11.9 Å². The number of nitrogens with zero attached hydrogens (tertiary/aromatic N) is 2. The van der Waals surface area contributed by atoms with Crippen LogP contribution in [0.4, 0.5) is 10.5 Å². The number of amides is 2. The zero-order valence-corrected chi connectivity index (χ0v) is 17.6. The van der Waals surface area contributed by atoms with E-state index in [2.05, 4.69) is 15.8 Å². The molecular formula is C21H30N4O5. The van der Waals surface area contributed by atoms with E-state index in [9.17, 15) is 9.90 Å². The third kappa shape index (κ3) is 6.19. The number of carbonyl (C=O) groups is 1. The highest BCUT2D eigenvalue weighted by Crippen LogP contribution is 2.24. The maximum atomic E-state index is 12.3. The van der Waals surface area contributed by atoms with Crippen LogP contribution in [0.2, 0.25) is 0 Å². The van der Waals surface area contributed by atoms with Gasteiger partial charge in [-0.3, -0.25) is 0 Å². The van der Waals surface area contributed by atoms with Gasteiger partial charge in [-0.15, -0.1) is 0 Å². The number of para-hydroxylation sites is 2. The van der Waals surface area contributed by atoms with Gasteiger partial charge in [0.05, 0.1) is 37.2 Å². The second-order valence-electron chi connectivity index (χ2n) is 7.70. The molecule has 1 aromatic heterocycles. The Kier molecular flexibility index (Phi) is 7.67. The van der Waals surface area contributed by atoms with Gasteiger partial charge >= 0.3 is 6.03 Å². The second-order valence-corrected chi connectivity index (χ2v) is 7.70. The molecule has 9 heteroatoms. The van der Waals surface area contributed by atoms with Gasteiger partial charge in [-0.05, 0) is 39.1 Å². The summed E-state index contributed by atoms with van der Waals surface area (Å²) in [5.74, 6) is 1.37. The summed E-state index contributed by atoms with van der Waals surface area (Å²) >= 11 is 0. The molecule has 3 N–H and O–H groups in total. The van der Waals surface area contributed by atoms with Gasteiger partial charge in [-0.1, -0.05) is 17.3 Å². The average Bonchev–Trinajstić information content (AvgIpc) is 3.14. The fraction of sp³-hybridized carbons (Fsp3) is 0.524. The molecule has 2 amide bonds. The zero-order chi connectivity index (χ0) is 21.5. The Morgan fingerprint density at radius 3 is 2.90 bits per heavy atom. The number of ether oxygens (including phenoxy) is 2. The van der Waals surface area contributed by atoms with Crippen molar-refractivity contribution < 1.29 is 23.9 Å². The van der Waals surface area contributed by atoms with E-state index in [1.165, 1.54) is 0 Å². The summed E-state index contributed by atoms with van der Waals surface area (Å²) in [6.07, 6.45) is 0.728. The molecule has 1 aromatic carbocycles. The molecule has 1 aliphatic rings. The average molecular weight is 418 g/mol. The van der Waals surface area contributed by atoms with E-state index in [-0.39, 0.29) is 18.7 Å². The zero-order valence-electron chi connectivity index (χ0n) is 17.6. The van der Waals surface area contributed by atoms with Crippen molar-refractivity contribution in [1.82, 2.24) is 15.4 Å². The highest BCUT2D eigenvalue weighted by Gasteiger charge is 2.31. The molecule has 0 aliphatic carbocycles. The summed E-state index contributed by atoms with van der Waals surface area (Å²) in [6, 6.07) is 8.70. The van der Waals surface area contributed by atoms with Crippen molar-refractivity contribution in [2.45, 2.75) is 44.1 Å². The third-order valence-electron chi connectivity index (χ3n) is 4.92.